The van der Waals surface area contributed by atoms with E-state index in [1.54, 1.807) is 18.2 Å². The van der Waals surface area contributed by atoms with Crippen LogP contribution in [0.2, 0.25) is 0 Å². The number of rotatable bonds is 9. The lowest BCUT2D eigenvalue weighted by molar-refractivity contribution is -0.121. The number of halogens is 1. The molecule has 20 heavy (non-hydrogen) atoms. The third-order valence-electron chi connectivity index (χ3n) is 3.49. The van der Waals surface area contributed by atoms with Gasteiger partial charge in [-0.1, -0.05) is 38.0 Å². The number of carbonyl (C=O) groups is 1. The number of carbonyl (C=O) groups excluding carboxylic acids is 1. The Bertz CT molecular complexity index is 403. The van der Waals surface area contributed by atoms with Gasteiger partial charge in [-0.05, 0) is 31.4 Å². The van der Waals surface area contributed by atoms with E-state index < -0.39 is 0 Å². The largest absolute Gasteiger partial charge is 0.352 e. The standard InChI is InChI=1S/C16H25FN2O/c1-2-5-13(10-11-18)8-9-16(20)19-12-14-6-3-4-7-15(14)17/h3-4,6-7,13H,2,5,8-12,18H2,1H3,(H,19,20). The van der Waals surface area contributed by atoms with E-state index in [1.807, 2.05) is 0 Å². The van der Waals surface area contributed by atoms with Crippen LogP contribution in [-0.2, 0) is 11.3 Å². The zero-order valence-corrected chi connectivity index (χ0v) is 12.2. The van der Waals surface area contributed by atoms with Gasteiger partial charge in [-0.15, -0.1) is 0 Å². The van der Waals surface area contributed by atoms with Gasteiger partial charge in [0.25, 0.3) is 0 Å². The molecule has 0 saturated carbocycles. The summed E-state index contributed by atoms with van der Waals surface area (Å²) in [5, 5.41) is 2.77. The summed E-state index contributed by atoms with van der Waals surface area (Å²) in [4.78, 5) is 11.8. The van der Waals surface area contributed by atoms with Crippen LogP contribution in [0.15, 0.2) is 24.3 Å². The summed E-state index contributed by atoms with van der Waals surface area (Å²) < 4.78 is 13.4. The van der Waals surface area contributed by atoms with E-state index in [4.69, 9.17) is 5.73 Å². The molecule has 0 aromatic heterocycles. The van der Waals surface area contributed by atoms with Crippen LogP contribution in [0.4, 0.5) is 4.39 Å². The molecule has 4 heteroatoms. The Hall–Kier alpha value is -1.42. The average Bonchev–Trinajstić information content (AvgIpc) is 2.44. The first kappa shape index (κ1) is 16.6. The highest BCUT2D eigenvalue weighted by molar-refractivity contribution is 5.75. The number of nitrogens with two attached hydrogens (primary N) is 1. The molecule has 1 unspecified atom stereocenters. The summed E-state index contributed by atoms with van der Waals surface area (Å²) >= 11 is 0. The predicted molar refractivity (Wildman–Crippen MR) is 79.6 cm³/mol. The van der Waals surface area contributed by atoms with Gasteiger partial charge < -0.3 is 11.1 Å². The minimum Gasteiger partial charge on any atom is -0.352 e. The first-order valence-electron chi connectivity index (χ1n) is 7.37. The second-order valence-electron chi connectivity index (χ2n) is 5.14. The Morgan fingerprint density at radius 3 is 2.70 bits per heavy atom. The molecule has 1 aromatic rings. The Morgan fingerprint density at radius 1 is 1.30 bits per heavy atom. The molecular weight excluding hydrogens is 255 g/mol. The minimum atomic E-state index is -0.278. The fraction of sp³-hybridized carbons (Fsp3) is 0.562. The number of nitrogens with one attached hydrogen (secondary N) is 1. The Kier molecular flexibility index (Phi) is 7.88. The molecule has 3 nitrogen and oxygen atoms in total. The summed E-state index contributed by atoms with van der Waals surface area (Å²) in [5.41, 5.74) is 6.10. The number of benzene rings is 1. The highest BCUT2D eigenvalue weighted by Crippen LogP contribution is 2.16. The normalized spacial score (nSPS) is 12.2. The molecule has 0 heterocycles. The van der Waals surface area contributed by atoms with Gasteiger partial charge in [0.15, 0.2) is 0 Å². The Morgan fingerprint density at radius 2 is 2.05 bits per heavy atom. The molecule has 1 rings (SSSR count). The van der Waals surface area contributed by atoms with Crippen molar-refractivity contribution in [3.63, 3.8) is 0 Å². The van der Waals surface area contributed by atoms with Gasteiger partial charge in [0.05, 0.1) is 0 Å². The van der Waals surface area contributed by atoms with Crippen LogP contribution in [-0.4, -0.2) is 12.5 Å². The molecule has 112 valence electrons. The van der Waals surface area contributed by atoms with Crippen LogP contribution < -0.4 is 11.1 Å². The molecule has 0 aliphatic heterocycles. The van der Waals surface area contributed by atoms with E-state index in [9.17, 15) is 9.18 Å². The second-order valence-corrected chi connectivity index (χ2v) is 5.14. The maximum absolute atomic E-state index is 13.4. The van der Waals surface area contributed by atoms with Gasteiger partial charge in [0.2, 0.25) is 5.91 Å². The van der Waals surface area contributed by atoms with E-state index in [2.05, 4.69) is 12.2 Å². The van der Waals surface area contributed by atoms with Crippen molar-refractivity contribution in [2.75, 3.05) is 6.54 Å². The van der Waals surface area contributed by atoms with E-state index >= 15 is 0 Å². The van der Waals surface area contributed by atoms with Crippen molar-refractivity contribution >= 4 is 5.91 Å². The van der Waals surface area contributed by atoms with Gasteiger partial charge in [-0.3, -0.25) is 4.79 Å². The summed E-state index contributed by atoms with van der Waals surface area (Å²) in [7, 11) is 0. The first-order chi connectivity index (χ1) is 9.67. The fourth-order valence-corrected chi connectivity index (χ4v) is 2.34. The van der Waals surface area contributed by atoms with Crippen LogP contribution in [0.25, 0.3) is 0 Å². The lowest BCUT2D eigenvalue weighted by Gasteiger charge is -2.14. The average molecular weight is 280 g/mol. The van der Waals surface area contributed by atoms with Crippen LogP contribution >= 0.6 is 0 Å². The summed E-state index contributed by atoms with van der Waals surface area (Å²) in [5.74, 6) is 0.218. The van der Waals surface area contributed by atoms with Gasteiger partial charge >= 0.3 is 0 Å². The monoisotopic (exact) mass is 280 g/mol. The number of amides is 1. The molecule has 0 fully saturated rings. The van der Waals surface area contributed by atoms with Crippen LogP contribution in [0.3, 0.4) is 0 Å². The van der Waals surface area contributed by atoms with Crippen molar-refractivity contribution in [2.24, 2.45) is 11.7 Å². The molecule has 0 radical (unpaired) electrons. The minimum absolute atomic E-state index is 0.0219. The SMILES string of the molecule is CCCC(CCN)CCC(=O)NCc1ccccc1F. The van der Waals surface area contributed by atoms with Crippen molar-refractivity contribution in [3.05, 3.63) is 35.6 Å². The van der Waals surface area contributed by atoms with E-state index in [1.165, 1.54) is 6.07 Å². The van der Waals surface area contributed by atoms with Crippen LogP contribution in [0.1, 0.15) is 44.6 Å². The smallest absolute Gasteiger partial charge is 0.220 e. The molecule has 1 aromatic carbocycles. The molecule has 0 aliphatic carbocycles. The number of hydrogen-bond acceptors (Lipinski definition) is 2. The molecular formula is C16H25FN2O. The highest BCUT2D eigenvalue weighted by Gasteiger charge is 2.10. The highest BCUT2D eigenvalue weighted by atomic mass is 19.1. The molecule has 0 saturated heterocycles. The zero-order chi connectivity index (χ0) is 14.8. The van der Waals surface area contributed by atoms with Crippen molar-refractivity contribution in [3.8, 4) is 0 Å². The topological polar surface area (TPSA) is 55.1 Å². The first-order valence-corrected chi connectivity index (χ1v) is 7.37. The third-order valence-corrected chi connectivity index (χ3v) is 3.49. The predicted octanol–water partition coefficient (Wildman–Crippen LogP) is 2.99. The fourth-order valence-electron chi connectivity index (χ4n) is 2.34. The molecule has 0 bridgehead atoms. The summed E-state index contributed by atoms with van der Waals surface area (Å²) in [6.45, 7) is 3.06. The molecule has 1 atom stereocenters. The van der Waals surface area contributed by atoms with Gasteiger partial charge in [-0.25, -0.2) is 4.39 Å². The van der Waals surface area contributed by atoms with E-state index in [0.29, 0.717) is 24.4 Å². The van der Waals surface area contributed by atoms with Crippen molar-refractivity contribution in [2.45, 2.75) is 45.6 Å². The van der Waals surface area contributed by atoms with Crippen molar-refractivity contribution in [1.82, 2.24) is 5.32 Å². The molecule has 3 N–H and O–H groups in total. The Balaban J connectivity index is 2.31. The third kappa shape index (κ3) is 6.15. The second kappa shape index (κ2) is 9.48. The molecule has 1 amide bonds. The van der Waals surface area contributed by atoms with Gasteiger partial charge in [0, 0.05) is 18.5 Å². The van der Waals surface area contributed by atoms with E-state index in [0.717, 1.165) is 25.7 Å². The number of hydrogen-bond donors (Lipinski definition) is 2. The van der Waals surface area contributed by atoms with Crippen molar-refractivity contribution < 1.29 is 9.18 Å². The van der Waals surface area contributed by atoms with E-state index in [-0.39, 0.29) is 18.3 Å². The quantitative estimate of drug-likeness (QED) is 0.730. The van der Waals surface area contributed by atoms with Crippen LogP contribution in [0.5, 0.6) is 0 Å². The van der Waals surface area contributed by atoms with Gasteiger partial charge in [0.1, 0.15) is 5.82 Å². The lowest BCUT2D eigenvalue weighted by Crippen LogP contribution is -2.24. The maximum atomic E-state index is 13.4. The summed E-state index contributed by atoms with van der Waals surface area (Å²) in [6.07, 6.45) is 4.53. The van der Waals surface area contributed by atoms with Crippen LogP contribution in [0, 0.1) is 11.7 Å². The molecule has 0 aliphatic rings. The lowest BCUT2D eigenvalue weighted by atomic mass is 9.94. The molecule has 0 spiro atoms. The maximum Gasteiger partial charge on any atom is 0.220 e. The summed E-state index contributed by atoms with van der Waals surface area (Å²) in [6, 6.07) is 6.50. The Labute approximate surface area is 120 Å². The van der Waals surface area contributed by atoms with Crippen molar-refractivity contribution in [1.29, 1.82) is 0 Å². The zero-order valence-electron chi connectivity index (χ0n) is 12.2. The van der Waals surface area contributed by atoms with Gasteiger partial charge in [-0.2, -0.15) is 0 Å².